The van der Waals surface area contributed by atoms with E-state index in [1.54, 1.807) is 26.4 Å². The van der Waals surface area contributed by atoms with Crippen LogP contribution in [0.5, 0.6) is 11.5 Å². The van der Waals surface area contributed by atoms with Crippen molar-refractivity contribution in [3.63, 3.8) is 0 Å². The summed E-state index contributed by atoms with van der Waals surface area (Å²) in [6.45, 7) is 0.955. The van der Waals surface area contributed by atoms with Crippen LogP contribution in [0.4, 0.5) is 5.69 Å². The predicted octanol–water partition coefficient (Wildman–Crippen LogP) is 4.34. The smallest absolute Gasteiger partial charge is 0.248 e. The van der Waals surface area contributed by atoms with Crippen molar-refractivity contribution in [1.29, 1.82) is 0 Å². The van der Waals surface area contributed by atoms with Gasteiger partial charge in [-0.2, -0.15) is 0 Å². The first kappa shape index (κ1) is 20.7. The molecule has 0 fully saturated rings. The molecule has 160 valence electrons. The van der Waals surface area contributed by atoms with E-state index in [2.05, 4.69) is 20.1 Å². The molecule has 1 aliphatic rings. The summed E-state index contributed by atoms with van der Waals surface area (Å²) in [4.78, 5) is 12.3. The van der Waals surface area contributed by atoms with Crippen LogP contribution in [0.1, 0.15) is 30.7 Å². The molecular weight excluding hydrogens is 392 g/mol. The molecule has 3 aromatic rings. The zero-order valence-corrected chi connectivity index (χ0v) is 17.8. The summed E-state index contributed by atoms with van der Waals surface area (Å²) < 4.78 is 12.7. The maximum absolute atomic E-state index is 12.3. The lowest BCUT2D eigenvalue weighted by Crippen LogP contribution is -2.07. The SMILES string of the molecule is COc1ccc(C=CC(=O)Nc2ccc(-c3nnc4n3CCCCC4)cc2)cc1OC. The number of nitrogens with zero attached hydrogens (tertiary/aromatic N) is 3. The molecule has 0 saturated carbocycles. The molecular formula is C24H26N4O3. The third kappa shape index (κ3) is 4.77. The number of hydrogen-bond acceptors (Lipinski definition) is 5. The molecule has 0 unspecified atom stereocenters. The highest BCUT2D eigenvalue weighted by atomic mass is 16.5. The molecule has 0 spiro atoms. The standard InChI is InChI=1S/C24H26N4O3/c1-30-20-13-7-17(16-21(20)31-2)8-14-23(29)25-19-11-9-18(10-12-19)24-27-26-22-6-4-3-5-15-28(22)24/h7-14,16H,3-6,15H2,1-2H3,(H,25,29). The van der Waals surface area contributed by atoms with Crippen molar-refractivity contribution in [2.24, 2.45) is 0 Å². The van der Waals surface area contributed by atoms with Crippen LogP contribution in [0, 0.1) is 0 Å². The van der Waals surface area contributed by atoms with Crippen molar-refractivity contribution in [1.82, 2.24) is 14.8 Å². The zero-order chi connectivity index (χ0) is 21.6. The summed E-state index contributed by atoms with van der Waals surface area (Å²) in [5, 5.41) is 11.6. The van der Waals surface area contributed by atoms with E-state index >= 15 is 0 Å². The van der Waals surface area contributed by atoms with Gasteiger partial charge in [0.15, 0.2) is 17.3 Å². The van der Waals surface area contributed by atoms with Crippen LogP contribution in [-0.4, -0.2) is 34.9 Å². The number of anilines is 1. The molecule has 1 aromatic heterocycles. The third-order valence-corrected chi connectivity index (χ3v) is 5.35. The van der Waals surface area contributed by atoms with Gasteiger partial charge < -0.3 is 19.4 Å². The Hall–Kier alpha value is -3.61. The van der Waals surface area contributed by atoms with E-state index in [0.717, 1.165) is 47.8 Å². The average Bonchev–Trinajstić information content (AvgIpc) is 3.05. The number of methoxy groups -OCH3 is 2. The van der Waals surface area contributed by atoms with Crippen LogP contribution >= 0.6 is 0 Å². The zero-order valence-electron chi connectivity index (χ0n) is 17.8. The van der Waals surface area contributed by atoms with Crippen molar-refractivity contribution >= 4 is 17.7 Å². The van der Waals surface area contributed by atoms with Crippen LogP contribution in [0.3, 0.4) is 0 Å². The van der Waals surface area contributed by atoms with E-state index < -0.39 is 0 Å². The molecule has 0 atom stereocenters. The first-order chi connectivity index (χ1) is 15.2. The van der Waals surface area contributed by atoms with Crippen molar-refractivity contribution in [2.75, 3.05) is 19.5 Å². The van der Waals surface area contributed by atoms with Crippen molar-refractivity contribution in [3.8, 4) is 22.9 Å². The summed E-state index contributed by atoms with van der Waals surface area (Å²) in [7, 11) is 3.17. The number of carbonyl (C=O) groups excluding carboxylic acids is 1. The Kier molecular flexibility index (Phi) is 6.31. The molecule has 0 radical (unpaired) electrons. The van der Waals surface area contributed by atoms with Gasteiger partial charge in [-0.15, -0.1) is 10.2 Å². The van der Waals surface area contributed by atoms with E-state index in [4.69, 9.17) is 9.47 Å². The number of carbonyl (C=O) groups is 1. The number of hydrogen-bond donors (Lipinski definition) is 1. The third-order valence-electron chi connectivity index (χ3n) is 5.35. The van der Waals surface area contributed by atoms with Crippen LogP contribution in [-0.2, 0) is 17.8 Å². The number of ether oxygens (including phenoxy) is 2. The summed E-state index contributed by atoms with van der Waals surface area (Å²) >= 11 is 0. The summed E-state index contributed by atoms with van der Waals surface area (Å²) in [6, 6.07) is 13.2. The largest absolute Gasteiger partial charge is 0.493 e. The summed E-state index contributed by atoms with van der Waals surface area (Å²) in [5.74, 6) is 3.01. The summed E-state index contributed by atoms with van der Waals surface area (Å²) in [6.07, 6.45) is 7.75. The minimum absolute atomic E-state index is 0.209. The van der Waals surface area contributed by atoms with E-state index in [1.807, 2.05) is 36.4 Å². The Morgan fingerprint density at radius 2 is 1.81 bits per heavy atom. The first-order valence-corrected chi connectivity index (χ1v) is 10.4. The quantitative estimate of drug-likeness (QED) is 0.603. The van der Waals surface area contributed by atoms with Gasteiger partial charge in [-0.1, -0.05) is 12.5 Å². The monoisotopic (exact) mass is 418 g/mol. The molecule has 2 aromatic carbocycles. The molecule has 7 nitrogen and oxygen atoms in total. The molecule has 31 heavy (non-hydrogen) atoms. The van der Waals surface area contributed by atoms with Crippen LogP contribution in [0.15, 0.2) is 48.5 Å². The van der Waals surface area contributed by atoms with Gasteiger partial charge in [-0.05, 0) is 60.9 Å². The number of rotatable bonds is 6. The molecule has 2 heterocycles. The molecule has 0 aliphatic carbocycles. The van der Waals surface area contributed by atoms with Gasteiger partial charge in [-0.3, -0.25) is 4.79 Å². The Bertz CT molecular complexity index is 1090. The lowest BCUT2D eigenvalue weighted by Gasteiger charge is -2.08. The molecule has 1 amide bonds. The Morgan fingerprint density at radius 3 is 2.58 bits per heavy atom. The number of fused-ring (bicyclic) bond motifs is 1. The van der Waals surface area contributed by atoms with Gasteiger partial charge in [-0.25, -0.2) is 0 Å². The number of amides is 1. The number of aromatic nitrogens is 3. The number of aryl methyl sites for hydroxylation is 1. The highest BCUT2D eigenvalue weighted by Crippen LogP contribution is 2.28. The highest BCUT2D eigenvalue weighted by Gasteiger charge is 2.15. The van der Waals surface area contributed by atoms with E-state index in [9.17, 15) is 4.79 Å². The fourth-order valence-corrected chi connectivity index (χ4v) is 3.71. The lowest BCUT2D eigenvalue weighted by atomic mass is 10.1. The second kappa shape index (κ2) is 9.47. The fourth-order valence-electron chi connectivity index (χ4n) is 3.71. The Morgan fingerprint density at radius 1 is 1.00 bits per heavy atom. The molecule has 4 rings (SSSR count). The van der Waals surface area contributed by atoms with Gasteiger partial charge >= 0.3 is 0 Å². The highest BCUT2D eigenvalue weighted by molar-refractivity contribution is 6.02. The van der Waals surface area contributed by atoms with Gasteiger partial charge in [0, 0.05) is 30.3 Å². The minimum atomic E-state index is -0.209. The molecule has 0 bridgehead atoms. The van der Waals surface area contributed by atoms with Crippen LogP contribution < -0.4 is 14.8 Å². The molecule has 1 aliphatic heterocycles. The second-order valence-corrected chi connectivity index (χ2v) is 7.42. The van der Waals surface area contributed by atoms with Crippen LogP contribution in [0.25, 0.3) is 17.5 Å². The van der Waals surface area contributed by atoms with Gasteiger partial charge in [0.2, 0.25) is 5.91 Å². The number of nitrogens with one attached hydrogen (secondary N) is 1. The fraction of sp³-hybridized carbons (Fsp3) is 0.292. The second-order valence-electron chi connectivity index (χ2n) is 7.42. The topological polar surface area (TPSA) is 78.3 Å². The van der Waals surface area contributed by atoms with Crippen molar-refractivity contribution < 1.29 is 14.3 Å². The predicted molar refractivity (Wildman–Crippen MR) is 120 cm³/mol. The molecule has 7 heteroatoms. The maximum atomic E-state index is 12.3. The Labute approximate surface area is 181 Å². The normalized spacial score (nSPS) is 13.5. The van der Waals surface area contributed by atoms with Gasteiger partial charge in [0.1, 0.15) is 5.82 Å². The molecule has 1 N–H and O–H groups in total. The lowest BCUT2D eigenvalue weighted by molar-refractivity contribution is -0.111. The van der Waals surface area contributed by atoms with Crippen molar-refractivity contribution in [2.45, 2.75) is 32.2 Å². The van der Waals surface area contributed by atoms with E-state index in [0.29, 0.717) is 11.5 Å². The first-order valence-electron chi connectivity index (χ1n) is 10.4. The van der Waals surface area contributed by atoms with Gasteiger partial charge in [0.05, 0.1) is 14.2 Å². The average molecular weight is 418 g/mol. The van der Waals surface area contributed by atoms with Crippen molar-refractivity contribution in [3.05, 3.63) is 59.9 Å². The molecule has 0 saturated heterocycles. The van der Waals surface area contributed by atoms with E-state index in [-0.39, 0.29) is 5.91 Å². The van der Waals surface area contributed by atoms with Gasteiger partial charge in [0.25, 0.3) is 0 Å². The maximum Gasteiger partial charge on any atom is 0.248 e. The van der Waals surface area contributed by atoms with E-state index in [1.165, 1.54) is 18.9 Å². The Balaban J connectivity index is 1.42. The number of benzene rings is 2. The minimum Gasteiger partial charge on any atom is -0.493 e. The van der Waals surface area contributed by atoms with Crippen LogP contribution in [0.2, 0.25) is 0 Å². The summed E-state index contributed by atoms with van der Waals surface area (Å²) in [5.41, 5.74) is 2.57.